The molecule has 1 aromatic carbocycles. The minimum absolute atomic E-state index is 0.0362. The largest absolute Gasteiger partial charge is 0.378 e. The molecule has 0 bridgehead atoms. The Morgan fingerprint density at radius 1 is 1.47 bits per heavy atom. The van der Waals surface area contributed by atoms with Gasteiger partial charge in [-0.25, -0.2) is 0 Å². The SMILES string of the molecule is CCC(CNC(=O)C1COCCN1)c1ccccc1. The molecule has 1 aliphatic heterocycles. The molecule has 2 N–H and O–H groups in total. The maximum atomic E-state index is 12.0. The van der Waals surface area contributed by atoms with E-state index in [1.165, 1.54) is 5.56 Å². The molecule has 0 aliphatic carbocycles. The number of nitrogens with one attached hydrogen (secondary N) is 2. The summed E-state index contributed by atoms with van der Waals surface area (Å²) in [5, 5.41) is 6.18. The summed E-state index contributed by atoms with van der Waals surface area (Å²) in [6, 6.07) is 10.1. The van der Waals surface area contributed by atoms with Crippen molar-refractivity contribution in [3.63, 3.8) is 0 Å². The molecule has 1 aromatic rings. The van der Waals surface area contributed by atoms with E-state index in [9.17, 15) is 4.79 Å². The number of ether oxygens (including phenoxy) is 1. The van der Waals surface area contributed by atoms with Crippen molar-refractivity contribution in [2.75, 3.05) is 26.3 Å². The minimum atomic E-state index is -0.206. The van der Waals surface area contributed by atoms with Gasteiger partial charge in [0.05, 0.1) is 13.2 Å². The lowest BCUT2D eigenvalue weighted by atomic mass is 9.96. The molecule has 2 unspecified atom stereocenters. The maximum absolute atomic E-state index is 12.0. The third-order valence-electron chi connectivity index (χ3n) is 3.52. The zero-order valence-corrected chi connectivity index (χ0v) is 11.4. The fourth-order valence-corrected chi connectivity index (χ4v) is 2.30. The third kappa shape index (κ3) is 4.04. The van der Waals surface area contributed by atoms with Crippen molar-refractivity contribution in [1.82, 2.24) is 10.6 Å². The van der Waals surface area contributed by atoms with E-state index in [0.29, 0.717) is 25.7 Å². The van der Waals surface area contributed by atoms with Crippen LogP contribution < -0.4 is 10.6 Å². The molecule has 19 heavy (non-hydrogen) atoms. The van der Waals surface area contributed by atoms with Gasteiger partial charge in [0, 0.05) is 19.0 Å². The number of morpholine rings is 1. The highest BCUT2D eigenvalue weighted by Crippen LogP contribution is 2.17. The van der Waals surface area contributed by atoms with E-state index in [4.69, 9.17) is 4.74 Å². The zero-order chi connectivity index (χ0) is 13.5. The van der Waals surface area contributed by atoms with Crippen LogP contribution in [0.25, 0.3) is 0 Å². The molecule has 1 aliphatic rings. The van der Waals surface area contributed by atoms with E-state index in [1.54, 1.807) is 0 Å². The highest BCUT2D eigenvalue weighted by molar-refractivity contribution is 5.82. The molecule has 104 valence electrons. The Kier molecular flexibility index (Phi) is 5.36. The average Bonchev–Trinajstić information content (AvgIpc) is 2.49. The minimum Gasteiger partial charge on any atom is -0.378 e. The highest BCUT2D eigenvalue weighted by Gasteiger charge is 2.21. The van der Waals surface area contributed by atoms with E-state index in [1.807, 2.05) is 18.2 Å². The Balaban J connectivity index is 1.84. The van der Waals surface area contributed by atoms with Crippen LogP contribution in [0.1, 0.15) is 24.8 Å². The van der Waals surface area contributed by atoms with E-state index in [2.05, 4.69) is 29.7 Å². The fourth-order valence-electron chi connectivity index (χ4n) is 2.30. The van der Waals surface area contributed by atoms with Crippen molar-refractivity contribution in [3.8, 4) is 0 Å². The number of carbonyl (C=O) groups is 1. The first-order valence-electron chi connectivity index (χ1n) is 6.95. The maximum Gasteiger partial charge on any atom is 0.239 e. The summed E-state index contributed by atoms with van der Waals surface area (Å²) in [4.78, 5) is 12.0. The van der Waals surface area contributed by atoms with Gasteiger partial charge in [-0.1, -0.05) is 37.3 Å². The normalized spacial score (nSPS) is 20.8. The van der Waals surface area contributed by atoms with Gasteiger partial charge >= 0.3 is 0 Å². The van der Waals surface area contributed by atoms with Gasteiger partial charge in [0.2, 0.25) is 5.91 Å². The molecule has 1 fully saturated rings. The Morgan fingerprint density at radius 3 is 2.89 bits per heavy atom. The van der Waals surface area contributed by atoms with Crippen LogP contribution in [0.15, 0.2) is 30.3 Å². The third-order valence-corrected chi connectivity index (χ3v) is 3.52. The molecule has 1 amide bonds. The van der Waals surface area contributed by atoms with Crippen LogP contribution in [0.3, 0.4) is 0 Å². The first-order chi connectivity index (χ1) is 9.31. The molecule has 4 heteroatoms. The molecular formula is C15H22N2O2. The number of carbonyl (C=O) groups excluding carboxylic acids is 1. The molecule has 2 rings (SSSR count). The standard InChI is InChI=1S/C15H22N2O2/c1-2-12(13-6-4-3-5-7-13)10-17-15(18)14-11-19-9-8-16-14/h3-7,12,14,16H,2,8-11H2,1H3,(H,17,18). The Bertz CT molecular complexity index is 388. The lowest BCUT2D eigenvalue weighted by Gasteiger charge is -2.24. The number of benzene rings is 1. The highest BCUT2D eigenvalue weighted by atomic mass is 16.5. The Morgan fingerprint density at radius 2 is 2.26 bits per heavy atom. The summed E-state index contributed by atoms with van der Waals surface area (Å²) in [5.41, 5.74) is 1.28. The lowest BCUT2D eigenvalue weighted by Crippen LogP contribution is -2.51. The topological polar surface area (TPSA) is 50.4 Å². The summed E-state index contributed by atoms with van der Waals surface area (Å²) in [7, 11) is 0. The van der Waals surface area contributed by atoms with Gasteiger partial charge in [0.15, 0.2) is 0 Å². The van der Waals surface area contributed by atoms with E-state index < -0.39 is 0 Å². The number of amides is 1. The van der Waals surface area contributed by atoms with Crippen LogP contribution in [0, 0.1) is 0 Å². The van der Waals surface area contributed by atoms with Crippen LogP contribution in [-0.2, 0) is 9.53 Å². The second-order valence-corrected chi connectivity index (χ2v) is 4.84. The first-order valence-corrected chi connectivity index (χ1v) is 6.95. The van der Waals surface area contributed by atoms with Gasteiger partial charge < -0.3 is 15.4 Å². The van der Waals surface area contributed by atoms with Crippen LogP contribution >= 0.6 is 0 Å². The molecule has 4 nitrogen and oxygen atoms in total. The predicted octanol–water partition coefficient (Wildman–Crippen LogP) is 1.28. The second kappa shape index (κ2) is 7.26. The van der Waals surface area contributed by atoms with Gasteiger partial charge in [-0.05, 0) is 12.0 Å². The number of hydrogen-bond acceptors (Lipinski definition) is 3. The van der Waals surface area contributed by atoms with Crippen molar-refractivity contribution in [2.24, 2.45) is 0 Å². The van der Waals surface area contributed by atoms with E-state index in [-0.39, 0.29) is 11.9 Å². The van der Waals surface area contributed by atoms with Crippen molar-refractivity contribution in [2.45, 2.75) is 25.3 Å². The van der Waals surface area contributed by atoms with Gasteiger partial charge in [-0.2, -0.15) is 0 Å². The molecule has 1 saturated heterocycles. The van der Waals surface area contributed by atoms with Gasteiger partial charge in [0.1, 0.15) is 6.04 Å². The van der Waals surface area contributed by atoms with Crippen molar-refractivity contribution in [1.29, 1.82) is 0 Å². The molecular weight excluding hydrogens is 240 g/mol. The van der Waals surface area contributed by atoms with Crippen molar-refractivity contribution in [3.05, 3.63) is 35.9 Å². The lowest BCUT2D eigenvalue weighted by molar-refractivity contribution is -0.125. The van der Waals surface area contributed by atoms with Crippen LogP contribution in [0.4, 0.5) is 0 Å². The molecule has 0 aromatic heterocycles. The predicted molar refractivity (Wildman–Crippen MR) is 75.1 cm³/mol. The number of rotatable bonds is 5. The summed E-state index contributed by atoms with van der Waals surface area (Å²) in [6.07, 6.45) is 1.01. The van der Waals surface area contributed by atoms with E-state index >= 15 is 0 Å². The second-order valence-electron chi connectivity index (χ2n) is 4.84. The van der Waals surface area contributed by atoms with Crippen molar-refractivity contribution < 1.29 is 9.53 Å². The summed E-state index contributed by atoms with van der Waals surface area (Å²) in [5.74, 6) is 0.406. The summed E-state index contributed by atoms with van der Waals surface area (Å²) in [6.45, 7) is 4.72. The quantitative estimate of drug-likeness (QED) is 0.840. The zero-order valence-electron chi connectivity index (χ0n) is 11.4. The molecule has 0 radical (unpaired) electrons. The first kappa shape index (κ1) is 14.0. The summed E-state index contributed by atoms with van der Waals surface area (Å²) < 4.78 is 5.30. The smallest absolute Gasteiger partial charge is 0.239 e. The van der Waals surface area contributed by atoms with Gasteiger partial charge in [-0.15, -0.1) is 0 Å². The van der Waals surface area contributed by atoms with Gasteiger partial charge in [0.25, 0.3) is 0 Å². The van der Waals surface area contributed by atoms with Crippen LogP contribution in [-0.4, -0.2) is 38.3 Å². The van der Waals surface area contributed by atoms with E-state index in [0.717, 1.165) is 13.0 Å². The molecule has 1 heterocycles. The van der Waals surface area contributed by atoms with Crippen LogP contribution in [0.5, 0.6) is 0 Å². The molecule has 2 atom stereocenters. The Labute approximate surface area is 114 Å². The van der Waals surface area contributed by atoms with Crippen LogP contribution in [0.2, 0.25) is 0 Å². The number of hydrogen-bond donors (Lipinski definition) is 2. The monoisotopic (exact) mass is 262 g/mol. The average molecular weight is 262 g/mol. The fraction of sp³-hybridized carbons (Fsp3) is 0.533. The van der Waals surface area contributed by atoms with Crippen molar-refractivity contribution >= 4 is 5.91 Å². The Hall–Kier alpha value is -1.39. The summed E-state index contributed by atoms with van der Waals surface area (Å²) >= 11 is 0. The van der Waals surface area contributed by atoms with Gasteiger partial charge in [-0.3, -0.25) is 4.79 Å². The molecule has 0 spiro atoms. The molecule has 0 saturated carbocycles.